The van der Waals surface area contributed by atoms with Gasteiger partial charge in [-0.2, -0.15) is 0 Å². The summed E-state index contributed by atoms with van der Waals surface area (Å²) in [7, 11) is 1.51. The second kappa shape index (κ2) is 6.22. The molecule has 4 N–H and O–H groups in total. The molecule has 1 aromatic rings. The number of hydrogen-bond donors (Lipinski definition) is 3. The fraction of sp³-hybridized carbons (Fsp3) is 0.417. The maximum atomic E-state index is 11.9. The molecule has 0 heterocycles. The Bertz CT molecular complexity index is 393. The number of aliphatic hydroxyl groups is 1. The Kier molecular flexibility index (Phi) is 4.93. The predicted molar refractivity (Wildman–Crippen MR) is 65.8 cm³/mol. The van der Waals surface area contributed by atoms with Crippen LogP contribution in [0.2, 0.25) is 0 Å². The van der Waals surface area contributed by atoms with Crippen molar-refractivity contribution in [1.29, 1.82) is 0 Å². The van der Waals surface area contributed by atoms with Crippen molar-refractivity contribution in [3.05, 3.63) is 29.3 Å². The van der Waals surface area contributed by atoms with Gasteiger partial charge in [0.25, 0.3) is 5.91 Å². The number of amides is 1. The van der Waals surface area contributed by atoms with Crippen LogP contribution in [0.3, 0.4) is 0 Å². The molecule has 1 rings (SSSR count). The Morgan fingerprint density at radius 2 is 2.29 bits per heavy atom. The van der Waals surface area contributed by atoms with Crippen molar-refractivity contribution < 1.29 is 14.6 Å². The fourth-order valence-corrected chi connectivity index (χ4v) is 1.48. The smallest absolute Gasteiger partial charge is 0.253 e. The maximum Gasteiger partial charge on any atom is 0.253 e. The number of rotatable bonds is 5. The molecule has 1 aromatic carbocycles. The van der Waals surface area contributed by atoms with Crippen LogP contribution in [0.5, 0.6) is 0 Å². The van der Waals surface area contributed by atoms with Crippen molar-refractivity contribution in [2.45, 2.75) is 13.0 Å². The third kappa shape index (κ3) is 3.44. The summed E-state index contributed by atoms with van der Waals surface area (Å²) in [5.74, 6) is -0.303. The van der Waals surface area contributed by atoms with E-state index < -0.39 is 6.04 Å². The van der Waals surface area contributed by atoms with Crippen LogP contribution in [0.1, 0.15) is 15.9 Å². The monoisotopic (exact) mass is 238 g/mol. The van der Waals surface area contributed by atoms with Gasteiger partial charge in [0.2, 0.25) is 0 Å². The zero-order chi connectivity index (χ0) is 12.8. The van der Waals surface area contributed by atoms with Crippen molar-refractivity contribution in [2.24, 2.45) is 0 Å². The number of carbonyl (C=O) groups excluding carboxylic acids is 1. The normalized spacial score (nSPS) is 12.2. The van der Waals surface area contributed by atoms with E-state index in [1.807, 2.05) is 13.0 Å². The molecule has 0 aliphatic carbocycles. The van der Waals surface area contributed by atoms with Crippen molar-refractivity contribution in [3.8, 4) is 0 Å². The number of anilines is 1. The molecule has 0 saturated heterocycles. The molecule has 94 valence electrons. The van der Waals surface area contributed by atoms with E-state index in [0.717, 1.165) is 5.56 Å². The van der Waals surface area contributed by atoms with Crippen LogP contribution in [-0.4, -0.2) is 37.4 Å². The summed E-state index contributed by atoms with van der Waals surface area (Å²) in [6, 6.07) is 4.83. The third-order valence-corrected chi connectivity index (χ3v) is 2.49. The minimum atomic E-state index is -0.424. The SMILES string of the molecule is COCC(CO)NC(=O)c1cccc(C)c1N. The maximum absolute atomic E-state index is 11.9. The Morgan fingerprint density at radius 3 is 2.88 bits per heavy atom. The van der Waals surface area contributed by atoms with Crippen LogP contribution in [-0.2, 0) is 4.74 Å². The Labute approximate surface area is 101 Å². The van der Waals surface area contributed by atoms with Gasteiger partial charge in [0.05, 0.1) is 24.8 Å². The van der Waals surface area contributed by atoms with Crippen molar-refractivity contribution in [3.63, 3.8) is 0 Å². The average molecular weight is 238 g/mol. The minimum absolute atomic E-state index is 0.175. The number of methoxy groups -OCH3 is 1. The molecule has 0 aromatic heterocycles. The highest BCUT2D eigenvalue weighted by Gasteiger charge is 2.15. The summed E-state index contributed by atoms with van der Waals surface area (Å²) in [4.78, 5) is 11.9. The van der Waals surface area contributed by atoms with Crippen molar-refractivity contribution in [2.75, 3.05) is 26.1 Å². The summed E-state index contributed by atoms with van der Waals surface area (Å²) in [6.07, 6.45) is 0. The summed E-state index contributed by atoms with van der Waals surface area (Å²) in [6.45, 7) is 1.92. The van der Waals surface area contributed by atoms with Gasteiger partial charge in [-0.3, -0.25) is 4.79 Å². The lowest BCUT2D eigenvalue weighted by molar-refractivity contribution is 0.0840. The van der Waals surface area contributed by atoms with Gasteiger partial charge in [-0.25, -0.2) is 0 Å². The number of carbonyl (C=O) groups is 1. The number of benzene rings is 1. The number of nitrogens with one attached hydrogen (secondary N) is 1. The van der Waals surface area contributed by atoms with Gasteiger partial charge in [-0.1, -0.05) is 12.1 Å². The second-order valence-corrected chi connectivity index (χ2v) is 3.84. The van der Waals surface area contributed by atoms with E-state index in [9.17, 15) is 4.79 Å². The molecule has 0 radical (unpaired) electrons. The Balaban J connectivity index is 2.79. The van der Waals surface area contributed by atoms with E-state index in [0.29, 0.717) is 11.3 Å². The largest absolute Gasteiger partial charge is 0.398 e. The van der Waals surface area contributed by atoms with E-state index in [1.165, 1.54) is 7.11 Å². The van der Waals surface area contributed by atoms with Crippen LogP contribution in [0.25, 0.3) is 0 Å². The topological polar surface area (TPSA) is 84.6 Å². The molecule has 0 bridgehead atoms. The first-order valence-electron chi connectivity index (χ1n) is 5.36. The zero-order valence-electron chi connectivity index (χ0n) is 10.1. The lowest BCUT2D eigenvalue weighted by Crippen LogP contribution is -2.40. The molecule has 5 heteroatoms. The van der Waals surface area contributed by atoms with Crippen LogP contribution < -0.4 is 11.1 Å². The molecular formula is C12H18N2O3. The molecule has 0 fully saturated rings. The number of ether oxygens (including phenoxy) is 1. The van der Waals surface area contributed by atoms with Crippen LogP contribution in [0.15, 0.2) is 18.2 Å². The quantitative estimate of drug-likeness (QED) is 0.645. The van der Waals surface area contributed by atoms with Gasteiger partial charge in [-0.05, 0) is 18.6 Å². The van der Waals surface area contributed by atoms with Crippen LogP contribution in [0.4, 0.5) is 5.69 Å². The van der Waals surface area contributed by atoms with E-state index >= 15 is 0 Å². The van der Waals surface area contributed by atoms with E-state index in [-0.39, 0.29) is 19.1 Å². The lowest BCUT2D eigenvalue weighted by Gasteiger charge is -2.16. The number of aliphatic hydroxyl groups excluding tert-OH is 1. The van der Waals surface area contributed by atoms with Gasteiger partial charge < -0.3 is 20.9 Å². The van der Waals surface area contributed by atoms with Gasteiger partial charge in [-0.15, -0.1) is 0 Å². The third-order valence-electron chi connectivity index (χ3n) is 2.49. The summed E-state index contributed by atoms with van der Waals surface area (Å²) < 4.78 is 4.88. The van der Waals surface area contributed by atoms with Gasteiger partial charge in [0.1, 0.15) is 0 Å². The molecular weight excluding hydrogens is 220 g/mol. The second-order valence-electron chi connectivity index (χ2n) is 3.84. The zero-order valence-corrected chi connectivity index (χ0v) is 10.1. The predicted octanol–water partition coefficient (Wildman–Crippen LogP) is 0.314. The van der Waals surface area contributed by atoms with Gasteiger partial charge in [0.15, 0.2) is 0 Å². The van der Waals surface area contributed by atoms with Crippen LogP contribution >= 0.6 is 0 Å². The summed E-state index contributed by atoms with van der Waals surface area (Å²) >= 11 is 0. The van der Waals surface area contributed by atoms with Crippen molar-refractivity contribution in [1.82, 2.24) is 5.32 Å². The molecule has 1 unspecified atom stereocenters. The Morgan fingerprint density at radius 1 is 1.59 bits per heavy atom. The highest BCUT2D eigenvalue weighted by molar-refractivity contribution is 5.99. The number of nitrogens with two attached hydrogens (primary N) is 1. The molecule has 0 aliphatic heterocycles. The number of aryl methyl sites for hydroxylation is 1. The first-order valence-corrected chi connectivity index (χ1v) is 5.36. The van der Waals surface area contributed by atoms with E-state index in [2.05, 4.69) is 5.32 Å². The number of nitrogen functional groups attached to an aromatic ring is 1. The molecule has 0 aliphatic rings. The van der Waals surface area contributed by atoms with Gasteiger partial charge >= 0.3 is 0 Å². The molecule has 0 saturated carbocycles. The van der Waals surface area contributed by atoms with E-state index in [1.54, 1.807) is 12.1 Å². The Hall–Kier alpha value is -1.59. The number of hydrogen-bond acceptors (Lipinski definition) is 4. The highest BCUT2D eigenvalue weighted by atomic mass is 16.5. The first-order chi connectivity index (χ1) is 8.10. The molecule has 1 amide bonds. The fourth-order valence-electron chi connectivity index (χ4n) is 1.48. The lowest BCUT2D eigenvalue weighted by atomic mass is 10.1. The van der Waals surface area contributed by atoms with Crippen LogP contribution in [0, 0.1) is 6.92 Å². The molecule has 1 atom stereocenters. The highest BCUT2D eigenvalue weighted by Crippen LogP contribution is 2.16. The van der Waals surface area contributed by atoms with Crippen molar-refractivity contribution >= 4 is 11.6 Å². The average Bonchev–Trinajstić information content (AvgIpc) is 2.31. The standard InChI is InChI=1S/C12H18N2O3/c1-8-4-3-5-10(11(8)13)12(16)14-9(6-15)7-17-2/h3-5,9,15H,6-7,13H2,1-2H3,(H,14,16). The van der Waals surface area contributed by atoms with Gasteiger partial charge in [0, 0.05) is 12.8 Å². The summed E-state index contributed by atoms with van der Waals surface area (Å²) in [5.41, 5.74) is 7.55. The molecule has 5 nitrogen and oxygen atoms in total. The number of para-hydroxylation sites is 1. The summed E-state index contributed by atoms with van der Waals surface area (Å²) in [5, 5.41) is 11.7. The first kappa shape index (κ1) is 13.5. The molecule has 0 spiro atoms. The van der Waals surface area contributed by atoms with E-state index in [4.69, 9.17) is 15.6 Å². The minimum Gasteiger partial charge on any atom is -0.398 e. The molecule has 17 heavy (non-hydrogen) atoms.